The van der Waals surface area contributed by atoms with Crippen molar-refractivity contribution < 1.29 is 18.0 Å². The second-order valence-corrected chi connectivity index (χ2v) is 5.09. The maximum Gasteiger partial charge on any atom is 0.446 e. The topological polar surface area (TPSA) is 46.3 Å². The maximum atomic E-state index is 12.4. The van der Waals surface area contributed by atoms with Gasteiger partial charge >= 0.3 is 5.51 Å². The monoisotopic (exact) mass is 276 g/mol. The van der Waals surface area contributed by atoms with Crippen LogP contribution in [0.2, 0.25) is 0 Å². The molecule has 98 valence electrons. The van der Waals surface area contributed by atoms with Gasteiger partial charge in [-0.05, 0) is 23.9 Å². The van der Waals surface area contributed by atoms with E-state index in [2.05, 4.69) is 0 Å². The summed E-state index contributed by atoms with van der Waals surface area (Å²) in [4.78, 5) is 13.0. The first-order valence-corrected chi connectivity index (χ1v) is 6.09. The highest BCUT2D eigenvalue weighted by Gasteiger charge is 2.34. The lowest BCUT2D eigenvalue weighted by atomic mass is 10.3. The van der Waals surface area contributed by atoms with E-state index < -0.39 is 5.51 Å². The van der Waals surface area contributed by atoms with Crippen LogP contribution < -0.4 is 10.6 Å². The summed E-state index contributed by atoms with van der Waals surface area (Å²) >= 11 is -0.217. The van der Waals surface area contributed by atoms with Crippen molar-refractivity contribution in [3.8, 4) is 0 Å². The van der Waals surface area contributed by atoms with Crippen molar-refractivity contribution in [3.05, 3.63) is 24.3 Å². The number of alkyl halides is 3. The predicted octanol–water partition coefficient (Wildman–Crippen LogP) is 2.36. The van der Waals surface area contributed by atoms with Crippen LogP contribution in [0.25, 0.3) is 0 Å². The highest BCUT2D eigenvalue weighted by molar-refractivity contribution is 8.00. The van der Waals surface area contributed by atoms with Crippen molar-refractivity contribution in [2.45, 2.75) is 22.9 Å². The van der Waals surface area contributed by atoms with Crippen LogP contribution in [0.1, 0.15) is 6.42 Å². The molecule has 1 heterocycles. The maximum absolute atomic E-state index is 12.4. The van der Waals surface area contributed by atoms with E-state index in [4.69, 9.17) is 5.73 Å². The van der Waals surface area contributed by atoms with Gasteiger partial charge in [0.2, 0.25) is 5.91 Å². The molecule has 0 saturated carbocycles. The van der Waals surface area contributed by atoms with Crippen LogP contribution in [0.5, 0.6) is 0 Å². The average Bonchev–Trinajstić information content (AvgIpc) is 2.56. The summed E-state index contributed by atoms with van der Waals surface area (Å²) in [5, 5.41) is 0. The predicted molar refractivity (Wildman–Crippen MR) is 63.3 cm³/mol. The third kappa shape index (κ3) is 2.97. The molecule has 0 radical (unpaired) electrons. The van der Waals surface area contributed by atoms with E-state index in [1.165, 1.54) is 23.1 Å². The number of halogens is 3. The summed E-state index contributed by atoms with van der Waals surface area (Å²) in [6, 6.07) is 5.65. The molecule has 1 aromatic rings. The summed E-state index contributed by atoms with van der Waals surface area (Å²) in [5.41, 5.74) is 1.54. The van der Waals surface area contributed by atoms with E-state index in [0.717, 1.165) is 0 Å². The average molecular weight is 276 g/mol. The lowest BCUT2D eigenvalue weighted by Gasteiger charge is -2.20. The van der Waals surface area contributed by atoms with Gasteiger partial charge in [0.15, 0.2) is 0 Å². The van der Waals surface area contributed by atoms with E-state index in [1.54, 1.807) is 6.07 Å². The third-order valence-electron chi connectivity index (χ3n) is 2.54. The summed E-state index contributed by atoms with van der Waals surface area (Å²) < 4.78 is 37.3. The fourth-order valence-electron chi connectivity index (χ4n) is 1.86. The van der Waals surface area contributed by atoms with Gasteiger partial charge in [-0.15, -0.1) is 0 Å². The lowest BCUT2D eigenvalue weighted by Crippen LogP contribution is -2.28. The van der Waals surface area contributed by atoms with Gasteiger partial charge in [0.25, 0.3) is 0 Å². The molecule has 1 atom stereocenters. The molecule has 2 rings (SSSR count). The van der Waals surface area contributed by atoms with Gasteiger partial charge in [-0.25, -0.2) is 0 Å². The number of hydrogen-bond donors (Lipinski definition) is 1. The zero-order valence-corrected chi connectivity index (χ0v) is 10.1. The van der Waals surface area contributed by atoms with Crippen molar-refractivity contribution in [3.63, 3.8) is 0 Å². The number of carbonyl (C=O) groups excluding carboxylic acids is 1. The summed E-state index contributed by atoms with van der Waals surface area (Å²) in [7, 11) is 0. The summed E-state index contributed by atoms with van der Waals surface area (Å²) in [6.45, 7) is 0.258. The number of rotatable bonds is 2. The Morgan fingerprint density at radius 3 is 2.56 bits per heavy atom. The Morgan fingerprint density at radius 2 is 2.00 bits per heavy atom. The van der Waals surface area contributed by atoms with Gasteiger partial charge in [-0.3, -0.25) is 4.79 Å². The molecule has 3 nitrogen and oxygen atoms in total. The fourth-order valence-corrected chi connectivity index (χ4v) is 2.54. The Balaban J connectivity index is 2.30. The van der Waals surface area contributed by atoms with Crippen LogP contribution in [0.4, 0.5) is 18.9 Å². The number of benzene rings is 1. The molecule has 7 heteroatoms. The molecule has 1 saturated heterocycles. The number of thioether (sulfide) groups is 1. The minimum Gasteiger partial charge on any atom is -0.326 e. The molecule has 0 bridgehead atoms. The van der Waals surface area contributed by atoms with Gasteiger partial charge in [-0.1, -0.05) is 12.1 Å². The molecular weight excluding hydrogens is 265 g/mol. The minimum absolute atomic E-state index is 0.0208. The normalized spacial score (nSPS) is 20.6. The minimum atomic E-state index is -4.37. The third-order valence-corrected chi connectivity index (χ3v) is 3.33. The first-order valence-electron chi connectivity index (χ1n) is 5.27. The first kappa shape index (κ1) is 13.2. The Labute approximate surface area is 106 Å². The highest BCUT2D eigenvalue weighted by Crippen LogP contribution is 2.42. The SMILES string of the molecule is NC1CC(=O)N(c2ccccc2SC(F)(F)F)C1. The van der Waals surface area contributed by atoms with Gasteiger partial charge in [0.05, 0.1) is 5.69 Å². The fraction of sp³-hybridized carbons (Fsp3) is 0.364. The molecule has 1 aliphatic rings. The van der Waals surface area contributed by atoms with E-state index in [1.807, 2.05) is 0 Å². The number of anilines is 1. The zero-order chi connectivity index (χ0) is 13.3. The molecule has 1 aromatic carbocycles. The van der Waals surface area contributed by atoms with Crippen LogP contribution in [0.15, 0.2) is 29.2 Å². The van der Waals surface area contributed by atoms with Gasteiger partial charge in [0.1, 0.15) is 0 Å². The molecular formula is C11H11F3N2OS. The molecule has 18 heavy (non-hydrogen) atoms. The molecule has 1 fully saturated rings. The molecule has 1 unspecified atom stereocenters. The molecule has 1 amide bonds. The molecule has 2 N–H and O–H groups in total. The quantitative estimate of drug-likeness (QED) is 0.843. The second-order valence-electron chi connectivity index (χ2n) is 3.98. The largest absolute Gasteiger partial charge is 0.446 e. The van der Waals surface area contributed by atoms with E-state index >= 15 is 0 Å². The van der Waals surface area contributed by atoms with Gasteiger partial charge in [-0.2, -0.15) is 13.2 Å². The zero-order valence-electron chi connectivity index (χ0n) is 9.28. The molecule has 0 spiro atoms. The van der Waals surface area contributed by atoms with Crippen molar-refractivity contribution in [1.82, 2.24) is 0 Å². The number of amides is 1. The van der Waals surface area contributed by atoms with Crippen molar-refractivity contribution in [2.24, 2.45) is 5.73 Å². The Bertz CT molecular complexity index is 464. The number of nitrogens with two attached hydrogens (primary N) is 1. The second kappa shape index (κ2) is 4.81. The molecule has 0 aliphatic carbocycles. The number of nitrogens with zero attached hydrogens (tertiary/aromatic N) is 1. The van der Waals surface area contributed by atoms with Crippen LogP contribution in [-0.4, -0.2) is 24.0 Å². The van der Waals surface area contributed by atoms with E-state index in [-0.39, 0.29) is 47.3 Å². The first-order chi connectivity index (χ1) is 8.37. The molecule has 0 aromatic heterocycles. The van der Waals surface area contributed by atoms with Crippen molar-refractivity contribution in [2.75, 3.05) is 11.4 Å². The summed E-state index contributed by atoms with van der Waals surface area (Å²) in [5.74, 6) is -0.238. The number of carbonyl (C=O) groups is 1. The number of para-hydroxylation sites is 1. The Hall–Kier alpha value is -1.21. The summed E-state index contributed by atoms with van der Waals surface area (Å²) in [6.07, 6.45) is 0.172. The molecule has 1 aliphatic heterocycles. The highest BCUT2D eigenvalue weighted by atomic mass is 32.2. The van der Waals surface area contributed by atoms with Crippen LogP contribution in [0.3, 0.4) is 0 Å². The Kier molecular flexibility index (Phi) is 3.54. The van der Waals surface area contributed by atoms with E-state index in [9.17, 15) is 18.0 Å². The van der Waals surface area contributed by atoms with E-state index in [0.29, 0.717) is 0 Å². The standard InChI is InChI=1S/C11H11F3N2OS/c12-11(13,14)18-9-4-2-1-3-8(9)16-6-7(15)5-10(16)17/h1-4,7H,5-6,15H2. The van der Waals surface area contributed by atoms with Crippen LogP contribution >= 0.6 is 11.8 Å². The van der Waals surface area contributed by atoms with Crippen molar-refractivity contribution >= 4 is 23.4 Å². The van der Waals surface area contributed by atoms with Crippen LogP contribution in [0, 0.1) is 0 Å². The smallest absolute Gasteiger partial charge is 0.326 e. The lowest BCUT2D eigenvalue weighted by molar-refractivity contribution is -0.117. The number of hydrogen-bond acceptors (Lipinski definition) is 3. The van der Waals surface area contributed by atoms with Gasteiger partial charge in [0, 0.05) is 23.9 Å². The Morgan fingerprint density at radius 1 is 1.33 bits per heavy atom. The van der Waals surface area contributed by atoms with Gasteiger partial charge < -0.3 is 10.6 Å². The van der Waals surface area contributed by atoms with Crippen LogP contribution in [-0.2, 0) is 4.79 Å². The van der Waals surface area contributed by atoms with Crippen molar-refractivity contribution in [1.29, 1.82) is 0 Å².